The molecular formula is C21H26F3NO7. The fourth-order valence-corrected chi connectivity index (χ4v) is 4.17. The van der Waals surface area contributed by atoms with Gasteiger partial charge in [-0.2, -0.15) is 0 Å². The first-order valence-electron chi connectivity index (χ1n) is 10.3. The van der Waals surface area contributed by atoms with Gasteiger partial charge >= 0.3 is 6.36 Å². The Hall–Kier alpha value is -1.92. The molecule has 1 aromatic carbocycles. The molecule has 3 aliphatic heterocycles. The monoisotopic (exact) mass is 461 g/mol. The number of amides is 1. The predicted molar refractivity (Wildman–Crippen MR) is 102 cm³/mol. The van der Waals surface area contributed by atoms with Gasteiger partial charge in [-0.25, -0.2) is 0 Å². The lowest BCUT2D eigenvalue weighted by molar-refractivity contribution is -0.274. The summed E-state index contributed by atoms with van der Waals surface area (Å²) in [5.74, 6) is -2.49. The fourth-order valence-electron chi connectivity index (χ4n) is 4.17. The second-order valence-corrected chi connectivity index (χ2v) is 8.90. The van der Waals surface area contributed by atoms with Crippen LogP contribution in [0.4, 0.5) is 13.2 Å². The summed E-state index contributed by atoms with van der Waals surface area (Å²) >= 11 is 0. The highest BCUT2D eigenvalue weighted by atomic mass is 19.4. The number of carbonyl (C=O) groups excluding carboxylic acids is 1. The van der Waals surface area contributed by atoms with Crippen LogP contribution in [0.2, 0.25) is 0 Å². The molecule has 5 atom stereocenters. The van der Waals surface area contributed by atoms with Crippen LogP contribution in [0.5, 0.6) is 5.75 Å². The first kappa shape index (κ1) is 23.2. The van der Waals surface area contributed by atoms with Gasteiger partial charge in [0.1, 0.15) is 24.1 Å². The zero-order valence-corrected chi connectivity index (χ0v) is 18.1. The number of alkyl halides is 3. The van der Waals surface area contributed by atoms with Crippen molar-refractivity contribution in [3.8, 4) is 5.75 Å². The highest BCUT2D eigenvalue weighted by Crippen LogP contribution is 2.40. The minimum absolute atomic E-state index is 0.159. The lowest BCUT2D eigenvalue weighted by atomic mass is 10.0. The number of fused-ring (bicyclic) bond motifs is 1. The van der Waals surface area contributed by atoms with Crippen LogP contribution in [-0.4, -0.2) is 61.1 Å². The zero-order chi connectivity index (χ0) is 23.3. The van der Waals surface area contributed by atoms with Gasteiger partial charge in [0.05, 0.1) is 19.1 Å². The van der Waals surface area contributed by atoms with E-state index in [9.17, 15) is 18.0 Å². The number of hydrogen-bond acceptors (Lipinski definition) is 7. The Morgan fingerprint density at radius 2 is 1.88 bits per heavy atom. The Morgan fingerprint density at radius 3 is 2.53 bits per heavy atom. The van der Waals surface area contributed by atoms with Gasteiger partial charge in [-0.1, -0.05) is 12.1 Å². The van der Waals surface area contributed by atoms with Crippen molar-refractivity contribution in [1.82, 2.24) is 5.32 Å². The van der Waals surface area contributed by atoms with Crippen molar-refractivity contribution < 1.29 is 46.4 Å². The van der Waals surface area contributed by atoms with E-state index in [0.29, 0.717) is 5.56 Å². The standard InChI is InChI=1S/C21H26F3NO7/c1-19(2)27-10-13(30-19)16-15(17-18(28-16)32-20(3,4)31-17)25-14(26)9-11-6-5-7-12(8-11)29-21(22,23)24/h5-8,13,15-18H,9-10H2,1-4H3,(H,25,26)/t13-,15-,16-,17-,18-/m1/s1. The summed E-state index contributed by atoms with van der Waals surface area (Å²) in [4.78, 5) is 12.8. The van der Waals surface area contributed by atoms with Crippen molar-refractivity contribution in [2.45, 2.75) is 82.7 Å². The third kappa shape index (κ3) is 5.34. The van der Waals surface area contributed by atoms with E-state index < -0.39 is 60.2 Å². The predicted octanol–water partition coefficient (Wildman–Crippen LogP) is 2.64. The number of carbonyl (C=O) groups is 1. The van der Waals surface area contributed by atoms with Crippen molar-refractivity contribution in [3.05, 3.63) is 29.8 Å². The van der Waals surface area contributed by atoms with E-state index in [1.165, 1.54) is 18.2 Å². The van der Waals surface area contributed by atoms with Crippen molar-refractivity contribution in [2.24, 2.45) is 0 Å². The van der Waals surface area contributed by atoms with Crippen LogP contribution in [0.15, 0.2) is 24.3 Å². The van der Waals surface area contributed by atoms with Crippen molar-refractivity contribution in [3.63, 3.8) is 0 Å². The average Bonchev–Trinajstić information content (AvgIpc) is 3.24. The minimum atomic E-state index is -4.81. The van der Waals surface area contributed by atoms with Gasteiger partial charge in [0.2, 0.25) is 5.91 Å². The number of halogens is 3. The molecule has 0 bridgehead atoms. The van der Waals surface area contributed by atoms with E-state index in [0.717, 1.165) is 0 Å². The zero-order valence-electron chi connectivity index (χ0n) is 18.1. The van der Waals surface area contributed by atoms with Gasteiger partial charge in [0.25, 0.3) is 0 Å². The summed E-state index contributed by atoms with van der Waals surface area (Å²) in [6.45, 7) is 7.31. The quantitative estimate of drug-likeness (QED) is 0.722. The van der Waals surface area contributed by atoms with E-state index in [1.807, 2.05) is 0 Å². The molecule has 1 aromatic rings. The molecule has 178 valence electrons. The summed E-state index contributed by atoms with van der Waals surface area (Å²) in [5, 5.41) is 2.89. The maximum Gasteiger partial charge on any atom is 0.573 e. The number of hydrogen-bond donors (Lipinski definition) is 1. The number of benzene rings is 1. The molecule has 0 radical (unpaired) electrons. The summed E-state index contributed by atoms with van der Waals surface area (Å²) in [6.07, 6.45) is -7.30. The molecule has 3 saturated heterocycles. The Bertz CT molecular complexity index is 860. The van der Waals surface area contributed by atoms with Gasteiger partial charge in [0.15, 0.2) is 17.9 Å². The molecule has 0 saturated carbocycles. The van der Waals surface area contributed by atoms with Gasteiger partial charge in [-0.05, 0) is 45.4 Å². The van der Waals surface area contributed by atoms with E-state index in [4.69, 9.17) is 23.7 Å². The Kier molecular flexibility index (Phi) is 5.91. The third-order valence-corrected chi connectivity index (χ3v) is 5.31. The van der Waals surface area contributed by atoms with Crippen LogP contribution < -0.4 is 10.1 Å². The number of rotatable bonds is 5. The fraction of sp³-hybridized carbons (Fsp3) is 0.667. The lowest BCUT2D eigenvalue weighted by Crippen LogP contribution is -2.52. The molecule has 1 N–H and O–H groups in total. The van der Waals surface area contributed by atoms with Crippen molar-refractivity contribution in [2.75, 3.05) is 6.61 Å². The smallest absolute Gasteiger partial charge is 0.406 e. The maximum atomic E-state index is 12.8. The molecule has 3 aliphatic rings. The van der Waals surface area contributed by atoms with Crippen LogP contribution in [0.3, 0.4) is 0 Å². The Labute approximate surface area is 183 Å². The molecule has 11 heteroatoms. The molecule has 8 nitrogen and oxygen atoms in total. The molecule has 32 heavy (non-hydrogen) atoms. The molecule has 4 rings (SSSR count). The molecule has 0 spiro atoms. The molecule has 0 unspecified atom stereocenters. The van der Waals surface area contributed by atoms with E-state index in [1.54, 1.807) is 33.8 Å². The van der Waals surface area contributed by atoms with E-state index in [2.05, 4.69) is 10.1 Å². The second kappa shape index (κ2) is 8.14. The highest BCUT2D eigenvalue weighted by Gasteiger charge is 2.58. The largest absolute Gasteiger partial charge is 0.573 e. The molecular weight excluding hydrogens is 435 g/mol. The van der Waals surface area contributed by atoms with Gasteiger partial charge in [0, 0.05) is 0 Å². The van der Waals surface area contributed by atoms with Crippen LogP contribution in [0, 0.1) is 0 Å². The van der Waals surface area contributed by atoms with Crippen LogP contribution in [0.25, 0.3) is 0 Å². The van der Waals surface area contributed by atoms with Crippen LogP contribution in [-0.2, 0) is 34.9 Å². The van der Waals surface area contributed by atoms with Gasteiger partial charge in [-0.15, -0.1) is 13.2 Å². The first-order chi connectivity index (χ1) is 14.8. The number of nitrogens with one attached hydrogen (secondary N) is 1. The topological polar surface area (TPSA) is 84.5 Å². The van der Waals surface area contributed by atoms with E-state index >= 15 is 0 Å². The highest BCUT2D eigenvalue weighted by molar-refractivity contribution is 5.79. The van der Waals surface area contributed by atoms with Gasteiger partial charge in [-0.3, -0.25) is 4.79 Å². The number of ether oxygens (including phenoxy) is 6. The van der Waals surface area contributed by atoms with Crippen LogP contribution >= 0.6 is 0 Å². The van der Waals surface area contributed by atoms with Crippen molar-refractivity contribution >= 4 is 5.91 Å². The first-order valence-corrected chi connectivity index (χ1v) is 10.3. The maximum absolute atomic E-state index is 12.8. The van der Waals surface area contributed by atoms with Gasteiger partial charge < -0.3 is 33.7 Å². The summed E-state index contributed by atoms with van der Waals surface area (Å²) < 4.78 is 70.7. The molecule has 3 fully saturated rings. The summed E-state index contributed by atoms with van der Waals surface area (Å²) in [5.41, 5.74) is 0.363. The molecule has 0 aliphatic carbocycles. The third-order valence-electron chi connectivity index (χ3n) is 5.31. The Balaban J connectivity index is 1.46. The van der Waals surface area contributed by atoms with Crippen LogP contribution in [0.1, 0.15) is 33.3 Å². The molecule has 1 amide bonds. The Morgan fingerprint density at radius 1 is 1.12 bits per heavy atom. The normalized spacial score (nSPS) is 33.2. The molecule has 0 aromatic heterocycles. The van der Waals surface area contributed by atoms with E-state index in [-0.39, 0.29) is 13.0 Å². The minimum Gasteiger partial charge on any atom is -0.406 e. The summed E-state index contributed by atoms with van der Waals surface area (Å²) in [7, 11) is 0. The average molecular weight is 461 g/mol. The second-order valence-electron chi connectivity index (χ2n) is 8.90. The SMILES string of the molecule is CC1(C)O[C@H]2O[C@H]([C@H]3COC(C)(C)O3)[C@@H](NC(=O)Cc3cccc(OC(F)(F)F)c3)[C@H]2O1. The van der Waals surface area contributed by atoms with Crippen molar-refractivity contribution in [1.29, 1.82) is 0 Å². The molecule has 3 heterocycles. The summed E-state index contributed by atoms with van der Waals surface area (Å²) in [6, 6.07) is 4.68. The lowest BCUT2D eigenvalue weighted by Gasteiger charge is -2.29.